The number of hydrogen-bond donors (Lipinski definition) is 1. The number of benzene rings is 1. The molecular formula is C11H12FNO3. The van der Waals surface area contributed by atoms with Gasteiger partial charge in [-0.05, 0) is 18.6 Å². The zero-order valence-electron chi connectivity index (χ0n) is 8.77. The van der Waals surface area contributed by atoms with Crippen LogP contribution < -0.4 is 10.5 Å². The van der Waals surface area contributed by atoms with Crippen LogP contribution in [0.25, 0.3) is 0 Å². The van der Waals surface area contributed by atoms with Crippen molar-refractivity contribution in [2.45, 2.75) is 19.4 Å². The molecule has 0 aliphatic heterocycles. The van der Waals surface area contributed by atoms with Crippen molar-refractivity contribution in [3.8, 4) is 5.75 Å². The van der Waals surface area contributed by atoms with Crippen LogP contribution in [0.15, 0.2) is 18.2 Å². The highest BCUT2D eigenvalue weighted by atomic mass is 19.1. The average Bonchev–Trinajstić information content (AvgIpc) is 2.24. The molecule has 1 aromatic rings. The zero-order valence-corrected chi connectivity index (χ0v) is 8.77. The first kappa shape index (κ1) is 12.2. The third-order valence-corrected chi connectivity index (χ3v) is 2.00. The van der Waals surface area contributed by atoms with Crippen LogP contribution in [0.2, 0.25) is 0 Å². The molecule has 0 aromatic heterocycles. The van der Waals surface area contributed by atoms with Crippen molar-refractivity contribution in [1.29, 1.82) is 0 Å². The number of carbonyl (C=O) groups is 2. The van der Waals surface area contributed by atoms with Gasteiger partial charge in [-0.1, -0.05) is 6.92 Å². The molecule has 0 fully saturated rings. The second-order valence-corrected chi connectivity index (χ2v) is 3.26. The first-order valence-corrected chi connectivity index (χ1v) is 4.78. The van der Waals surface area contributed by atoms with Crippen LogP contribution in [0.5, 0.6) is 5.75 Å². The van der Waals surface area contributed by atoms with Gasteiger partial charge in [0.15, 0.2) is 6.10 Å². The lowest BCUT2D eigenvalue weighted by Gasteiger charge is -2.14. The van der Waals surface area contributed by atoms with Gasteiger partial charge in [0.2, 0.25) is 0 Å². The Morgan fingerprint density at radius 2 is 2.25 bits per heavy atom. The minimum Gasteiger partial charge on any atom is -0.481 e. The lowest BCUT2D eigenvalue weighted by atomic mass is 10.2. The predicted octanol–water partition coefficient (Wildman–Crippen LogP) is 1.28. The Hall–Kier alpha value is -1.91. The summed E-state index contributed by atoms with van der Waals surface area (Å²) in [5, 5.41) is 0. The number of hydrogen-bond acceptors (Lipinski definition) is 3. The average molecular weight is 225 g/mol. The van der Waals surface area contributed by atoms with Gasteiger partial charge in [0.25, 0.3) is 5.91 Å². The molecule has 0 radical (unpaired) electrons. The summed E-state index contributed by atoms with van der Waals surface area (Å²) < 4.78 is 18.2. The molecule has 0 aliphatic carbocycles. The fraction of sp³-hybridized carbons (Fsp3) is 0.273. The van der Waals surface area contributed by atoms with Crippen molar-refractivity contribution in [2.75, 3.05) is 0 Å². The molecular weight excluding hydrogens is 213 g/mol. The van der Waals surface area contributed by atoms with Gasteiger partial charge in [-0.3, -0.25) is 9.59 Å². The highest BCUT2D eigenvalue weighted by Crippen LogP contribution is 2.17. The van der Waals surface area contributed by atoms with E-state index in [1.165, 1.54) is 6.07 Å². The highest BCUT2D eigenvalue weighted by Gasteiger charge is 2.15. The largest absolute Gasteiger partial charge is 0.481 e. The van der Waals surface area contributed by atoms with Crippen LogP contribution in [0.1, 0.15) is 23.7 Å². The van der Waals surface area contributed by atoms with Crippen LogP contribution in [0, 0.1) is 5.82 Å². The molecule has 0 saturated heterocycles. The summed E-state index contributed by atoms with van der Waals surface area (Å²) in [5.41, 5.74) is 5.22. The standard InChI is InChI=1S/C11H12FNO3/c1-2-10(11(13)15)16-9-4-7(6-14)3-8(12)5-9/h3-6,10H,2H2,1H3,(H2,13,15). The van der Waals surface area contributed by atoms with E-state index < -0.39 is 17.8 Å². The first-order valence-electron chi connectivity index (χ1n) is 4.78. The Morgan fingerprint density at radius 1 is 1.56 bits per heavy atom. The quantitative estimate of drug-likeness (QED) is 0.767. The molecule has 0 aliphatic rings. The maximum Gasteiger partial charge on any atom is 0.258 e. The monoisotopic (exact) mass is 225 g/mol. The molecule has 0 heterocycles. The molecule has 0 saturated carbocycles. The van der Waals surface area contributed by atoms with Crippen molar-refractivity contribution in [1.82, 2.24) is 0 Å². The summed E-state index contributed by atoms with van der Waals surface area (Å²) in [6, 6.07) is 3.52. The van der Waals surface area contributed by atoms with E-state index in [0.717, 1.165) is 12.1 Å². The van der Waals surface area contributed by atoms with Crippen LogP contribution in [0.4, 0.5) is 4.39 Å². The molecule has 1 amide bonds. The van der Waals surface area contributed by atoms with E-state index in [9.17, 15) is 14.0 Å². The molecule has 86 valence electrons. The third kappa shape index (κ3) is 3.05. The van der Waals surface area contributed by atoms with Crippen LogP contribution in [-0.4, -0.2) is 18.3 Å². The Balaban J connectivity index is 2.91. The number of ether oxygens (including phenoxy) is 1. The SMILES string of the molecule is CCC(Oc1cc(F)cc(C=O)c1)C(N)=O. The number of primary amides is 1. The zero-order chi connectivity index (χ0) is 12.1. The van der Waals surface area contributed by atoms with Crippen molar-refractivity contribution in [2.24, 2.45) is 5.73 Å². The van der Waals surface area contributed by atoms with Gasteiger partial charge in [-0.15, -0.1) is 0 Å². The van der Waals surface area contributed by atoms with Crippen LogP contribution in [0.3, 0.4) is 0 Å². The highest BCUT2D eigenvalue weighted by molar-refractivity contribution is 5.79. The van der Waals surface area contributed by atoms with Gasteiger partial charge in [0.05, 0.1) is 0 Å². The van der Waals surface area contributed by atoms with E-state index >= 15 is 0 Å². The summed E-state index contributed by atoms with van der Waals surface area (Å²) in [4.78, 5) is 21.4. The van der Waals surface area contributed by atoms with Gasteiger partial charge < -0.3 is 10.5 Å². The van der Waals surface area contributed by atoms with Crippen LogP contribution in [-0.2, 0) is 4.79 Å². The Bertz CT molecular complexity index is 406. The minimum atomic E-state index is -0.818. The normalized spacial score (nSPS) is 11.9. The maximum atomic E-state index is 13.0. The van der Waals surface area contributed by atoms with E-state index in [0.29, 0.717) is 12.7 Å². The number of aldehydes is 1. The lowest BCUT2D eigenvalue weighted by Crippen LogP contribution is -2.33. The first-order chi connectivity index (χ1) is 7.56. The van der Waals surface area contributed by atoms with Gasteiger partial charge in [0.1, 0.15) is 17.9 Å². The molecule has 16 heavy (non-hydrogen) atoms. The van der Waals surface area contributed by atoms with E-state index in [1.54, 1.807) is 6.92 Å². The molecule has 0 spiro atoms. The van der Waals surface area contributed by atoms with Crippen molar-refractivity contribution < 1.29 is 18.7 Å². The molecule has 1 unspecified atom stereocenters. The molecule has 1 atom stereocenters. The molecule has 4 nitrogen and oxygen atoms in total. The van der Waals surface area contributed by atoms with Gasteiger partial charge >= 0.3 is 0 Å². The predicted molar refractivity (Wildman–Crippen MR) is 55.7 cm³/mol. The number of halogens is 1. The van der Waals surface area contributed by atoms with E-state index in [4.69, 9.17) is 10.5 Å². The summed E-state index contributed by atoms with van der Waals surface area (Å²) in [6.45, 7) is 1.72. The van der Waals surface area contributed by atoms with Gasteiger partial charge in [0, 0.05) is 11.6 Å². The fourth-order valence-corrected chi connectivity index (χ4v) is 1.23. The topological polar surface area (TPSA) is 69.4 Å². The Kier molecular flexibility index (Phi) is 3.99. The summed E-state index contributed by atoms with van der Waals surface area (Å²) in [5.74, 6) is -1.11. The number of carbonyl (C=O) groups excluding carboxylic acids is 2. The van der Waals surface area contributed by atoms with E-state index in [2.05, 4.69) is 0 Å². The van der Waals surface area contributed by atoms with E-state index in [1.807, 2.05) is 0 Å². The maximum absolute atomic E-state index is 13.0. The van der Waals surface area contributed by atoms with Gasteiger partial charge in [-0.25, -0.2) is 4.39 Å². The number of nitrogens with two attached hydrogens (primary N) is 1. The van der Waals surface area contributed by atoms with E-state index in [-0.39, 0.29) is 11.3 Å². The summed E-state index contributed by atoms with van der Waals surface area (Å²) in [6.07, 6.45) is 0.0602. The van der Waals surface area contributed by atoms with Crippen molar-refractivity contribution in [3.05, 3.63) is 29.6 Å². The summed E-state index contributed by atoms with van der Waals surface area (Å²) in [7, 11) is 0. The number of amides is 1. The van der Waals surface area contributed by atoms with Crippen molar-refractivity contribution >= 4 is 12.2 Å². The third-order valence-electron chi connectivity index (χ3n) is 2.00. The smallest absolute Gasteiger partial charge is 0.258 e. The molecule has 0 bridgehead atoms. The second kappa shape index (κ2) is 5.25. The minimum absolute atomic E-state index is 0.118. The second-order valence-electron chi connectivity index (χ2n) is 3.26. The molecule has 1 rings (SSSR count). The Labute approximate surface area is 92.2 Å². The lowest BCUT2D eigenvalue weighted by molar-refractivity contribution is -0.124. The van der Waals surface area contributed by atoms with Crippen LogP contribution >= 0.6 is 0 Å². The molecule has 1 aromatic carbocycles. The Morgan fingerprint density at radius 3 is 2.75 bits per heavy atom. The summed E-state index contributed by atoms with van der Waals surface area (Å²) >= 11 is 0. The van der Waals surface area contributed by atoms with Crippen molar-refractivity contribution in [3.63, 3.8) is 0 Å². The van der Waals surface area contributed by atoms with Gasteiger partial charge in [-0.2, -0.15) is 0 Å². The molecule has 2 N–H and O–H groups in total. The fourth-order valence-electron chi connectivity index (χ4n) is 1.23. The molecule has 5 heteroatoms. The number of rotatable bonds is 5.